The van der Waals surface area contributed by atoms with Gasteiger partial charge in [0, 0.05) is 11.6 Å². The molecule has 0 aliphatic heterocycles. The normalized spacial score (nSPS) is 13.1. The number of hydrogen-bond acceptors (Lipinski definition) is 7. The molecule has 0 saturated heterocycles. The molecule has 0 radical (unpaired) electrons. The van der Waals surface area contributed by atoms with Crippen molar-refractivity contribution < 1.29 is 23.2 Å². The summed E-state index contributed by atoms with van der Waals surface area (Å²) in [5, 5.41) is 19.5. The first-order chi connectivity index (χ1) is 17.5. The van der Waals surface area contributed by atoms with Gasteiger partial charge < -0.3 is 14.9 Å². The van der Waals surface area contributed by atoms with Crippen LogP contribution in [0.4, 0.5) is 14.6 Å². The number of nitrogens with zero attached hydrogens (tertiary/aromatic N) is 5. The third kappa shape index (κ3) is 6.49. The maximum atomic E-state index is 14.1. The Bertz CT molecular complexity index is 1280. The highest BCUT2D eigenvalue weighted by Crippen LogP contribution is 2.26. The molecule has 36 heavy (non-hydrogen) atoms. The van der Waals surface area contributed by atoms with Gasteiger partial charge in [0.15, 0.2) is 17.5 Å². The summed E-state index contributed by atoms with van der Waals surface area (Å²) in [6.45, 7) is -0.417. The molecule has 0 spiro atoms. The summed E-state index contributed by atoms with van der Waals surface area (Å²) in [6.07, 6.45) is 11.3. The van der Waals surface area contributed by atoms with Gasteiger partial charge in [0.1, 0.15) is 30.0 Å². The van der Waals surface area contributed by atoms with Crippen LogP contribution in [0, 0.1) is 11.6 Å². The van der Waals surface area contributed by atoms with Gasteiger partial charge in [0.05, 0.1) is 18.4 Å². The molecule has 11 heteroatoms. The minimum atomic E-state index is -1.17. The molecule has 5 rings (SSSR count). The molecule has 188 valence electrons. The van der Waals surface area contributed by atoms with E-state index in [0.29, 0.717) is 17.0 Å². The van der Waals surface area contributed by atoms with Gasteiger partial charge in [0.2, 0.25) is 0 Å². The lowest BCUT2D eigenvalue weighted by Gasteiger charge is -2.07. The molecular weight excluding hydrogens is 470 g/mol. The van der Waals surface area contributed by atoms with Crippen molar-refractivity contribution >= 4 is 11.8 Å². The number of hydrogen-bond donors (Lipinski definition) is 2. The summed E-state index contributed by atoms with van der Waals surface area (Å²) in [7, 11) is 0. The number of carboxylic acid groups (broad SMARTS) is 1. The van der Waals surface area contributed by atoms with Gasteiger partial charge in [-0.25, -0.2) is 18.7 Å². The van der Waals surface area contributed by atoms with E-state index in [1.165, 1.54) is 55.5 Å². The van der Waals surface area contributed by atoms with Gasteiger partial charge in [-0.3, -0.25) is 9.48 Å². The second-order valence-electron chi connectivity index (χ2n) is 8.31. The highest BCUT2D eigenvalue weighted by Gasteiger charge is 2.18. The maximum Gasteiger partial charge on any atom is 0.322 e. The molecule has 0 unspecified atom stereocenters. The Morgan fingerprint density at radius 3 is 2.39 bits per heavy atom. The number of nitrogens with one attached hydrogen (secondary N) is 1. The Morgan fingerprint density at radius 1 is 1.03 bits per heavy atom. The highest BCUT2D eigenvalue weighted by molar-refractivity contribution is 5.72. The van der Waals surface area contributed by atoms with Crippen LogP contribution in [0.5, 0.6) is 0 Å². The Hall–Kier alpha value is -4.15. The predicted molar refractivity (Wildman–Crippen MR) is 128 cm³/mol. The van der Waals surface area contributed by atoms with E-state index in [1.807, 2.05) is 0 Å². The first kappa shape index (κ1) is 25.0. The summed E-state index contributed by atoms with van der Waals surface area (Å²) >= 11 is 0. The lowest BCUT2D eigenvalue weighted by Crippen LogP contribution is -2.15. The Morgan fingerprint density at radius 2 is 1.75 bits per heavy atom. The molecule has 1 aromatic carbocycles. The molecule has 1 fully saturated rings. The molecule has 2 N–H and O–H groups in total. The summed E-state index contributed by atoms with van der Waals surface area (Å²) in [5.41, 5.74) is 1.63. The zero-order valence-corrected chi connectivity index (χ0v) is 19.5. The second kappa shape index (κ2) is 12.0. The number of aliphatic carboxylic acids is 1. The van der Waals surface area contributed by atoms with Gasteiger partial charge in [-0.05, 0) is 12.1 Å². The summed E-state index contributed by atoms with van der Waals surface area (Å²) in [6, 6.07) is 9.49. The van der Waals surface area contributed by atoms with Gasteiger partial charge in [-0.15, -0.1) is 0 Å². The fourth-order valence-corrected chi connectivity index (χ4v) is 3.82. The van der Waals surface area contributed by atoms with E-state index in [2.05, 4.69) is 25.5 Å². The molecular formula is C25H26F2N6O3. The second-order valence-corrected chi connectivity index (χ2v) is 8.31. The van der Waals surface area contributed by atoms with Crippen LogP contribution in [0.2, 0.25) is 0 Å². The van der Waals surface area contributed by atoms with E-state index in [0.717, 1.165) is 6.20 Å². The quantitative estimate of drug-likeness (QED) is 0.360. The van der Waals surface area contributed by atoms with Crippen LogP contribution < -0.4 is 5.32 Å². The van der Waals surface area contributed by atoms with Crippen molar-refractivity contribution in [3.63, 3.8) is 0 Å². The highest BCUT2D eigenvalue weighted by atomic mass is 19.1. The van der Waals surface area contributed by atoms with Gasteiger partial charge in [-0.1, -0.05) is 61.9 Å². The van der Waals surface area contributed by atoms with Crippen LogP contribution in [0.3, 0.4) is 0 Å². The lowest BCUT2D eigenvalue weighted by molar-refractivity contribution is -0.134. The van der Waals surface area contributed by atoms with Crippen LogP contribution in [-0.4, -0.2) is 42.5 Å². The van der Waals surface area contributed by atoms with Crippen molar-refractivity contribution in [1.29, 1.82) is 0 Å². The summed E-state index contributed by atoms with van der Waals surface area (Å²) in [5.74, 6) is -2.58. The zero-order valence-electron chi connectivity index (χ0n) is 19.5. The molecule has 1 aliphatic rings. The SMILES string of the molecule is C1CCCCC1.O=C(O)CNc1nc(-c2cc(-c3ccon3)n(Cc3ccccc3F)n2)ncc1F. The van der Waals surface area contributed by atoms with Crippen LogP contribution in [0.25, 0.3) is 22.9 Å². The van der Waals surface area contributed by atoms with E-state index in [-0.39, 0.29) is 29.7 Å². The monoisotopic (exact) mass is 496 g/mol. The Balaban J connectivity index is 0.000000445. The first-order valence-corrected chi connectivity index (χ1v) is 11.7. The molecule has 1 aliphatic carbocycles. The summed E-state index contributed by atoms with van der Waals surface area (Å²) < 4.78 is 34.4. The van der Waals surface area contributed by atoms with Crippen LogP contribution >= 0.6 is 0 Å². The smallest absolute Gasteiger partial charge is 0.322 e. The van der Waals surface area contributed by atoms with Gasteiger partial charge >= 0.3 is 5.97 Å². The molecule has 4 aromatic rings. The number of rotatable bonds is 7. The standard InChI is InChI=1S/C19H14F2N6O3.C6H12/c20-12-4-2-1-3-11(12)10-27-16(14-5-6-30-26-14)7-15(25-27)19-22-8-13(21)18(24-19)23-9-17(28)29;1-2-4-6-5-3-1/h1-8H,9-10H2,(H,28,29)(H,22,23,24);1-6H2. The average molecular weight is 497 g/mol. The van der Waals surface area contributed by atoms with Crippen LogP contribution in [0.15, 0.2) is 53.4 Å². The predicted octanol–water partition coefficient (Wildman–Crippen LogP) is 5.16. The van der Waals surface area contributed by atoms with E-state index in [9.17, 15) is 13.6 Å². The molecule has 3 aromatic heterocycles. The van der Waals surface area contributed by atoms with Gasteiger partial charge in [0.25, 0.3) is 0 Å². The fourth-order valence-electron chi connectivity index (χ4n) is 3.82. The largest absolute Gasteiger partial charge is 0.480 e. The van der Waals surface area contributed by atoms with Crippen molar-refractivity contribution in [2.45, 2.75) is 45.1 Å². The number of halogens is 2. The average Bonchev–Trinajstić information content (AvgIpc) is 3.57. The summed E-state index contributed by atoms with van der Waals surface area (Å²) in [4.78, 5) is 18.7. The van der Waals surface area contributed by atoms with Crippen molar-refractivity contribution in [3.05, 3.63) is 66.1 Å². The molecule has 0 atom stereocenters. The van der Waals surface area contributed by atoms with Crippen molar-refractivity contribution in [2.24, 2.45) is 0 Å². The van der Waals surface area contributed by atoms with E-state index >= 15 is 0 Å². The zero-order chi connectivity index (χ0) is 25.3. The van der Waals surface area contributed by atoms with Crippen LogP contribution in [-0.2, 0) is 11.3 Å². The maximum absolute atomic E-state index is 14.1. The van der Waals surface area contributed by atoms with Crippen molar-refractivity contribution in [3.8, 4) is 22.9 Å². The third-order valence-electron chi connectivity index (χ3n) is 5.64. The minimum absolute atomic E-state index is 0.0568. The van der Waals surface area contributed by atoms with E-state index in [1.54, 1.807) is 30.3 Å². The molecule has 3 heterocycles. The molecule has 9 nitrogen and oxygen atoms in total. The van der Waals surface area contributed by atoms with E-state index in [4.69, 9.17) is 9.63 Å². The number of benzene rings is 1. The minimum Gasteiger partial charge on any atom is -0.480 e. The fraction of sp³-hybridized carbons (Fsp3) is 0.320. The molecule has 0 amide bonds. The Labute approximate surface area is 206 Å². The lowest BCUT2D eigenvalue weighted by atomic mass is 10.0. The van der Waals surface area contributed by atoms with Crippen LogP contribution in [0.1, 0.15) is 44.1 Å². The number of carboxylic acids is 1. The first-order valence-electron chi connectivity index (χ1n) is 11.7. The Kier molecular flexibility index (Phi) is 8.32. The number of anilines is 1. The number of aromatic nitrogens is 5. The third-order valence-corrected chi connectivity index (χ3v) is 5.64. The van der Waals surface area contributed by atoms with Gasteiger partial charge in [-0.2, -0.15) is 5.10 Å². The number of carbonyl (C=O) groups is 1. The topological polar surface area (TPSA) is 119 Å². The van der Waals surface area contributed by atoms with E-state index < -0.39 is 18.3 Å². The van der Waals surface area contributed by atoms with Crippen molar-refractivity contribution in [2.75, 3.05) is 11.9 Å². The van der Waals surface area contributed by atoms with Crippen molar-refractivity contribution in [1.82, 2.24) is 24.9 Å². The molecule has 1 saturated carbocycles. The molecule has 0 bridgehead atoms.